The summed E-state index contributed by atoms with van der Waals surface area (Å²) in [5, 5.41) is 0. The van der Waals surface area contributed by atoms with Gasteiger partial charge in [-0.3, -0.25) is 4.39 Å². The van der Waals surface area contributed by atoms with Crippen LogP contribution in [-0.2, 0) is 21.1 Å². The predicted molar refractivity (Wildman–Crippen MR) is 41.1 cm³/mol. The third-order valence-electron chi connectivity index (χ3n) is 1.28. The van der Waals surface area contributed by atoms with Crippen LogP contribution in [0.4, 0.5) is 8.78 Å². The minimum Gasteiger partial charge on any atom is -0.358 e. The summed E-state index contributed by atoms with van der Waals surface area (Å²) in [6.07, 6.45) is 0. The molecule has 12 heavy (non-hydrogen) atoms. The Labute approximate surface area is 86.3 Å². The molecular formula is C9H10F2W. The van der Waals surface area contributed by atoms with Crippen LogP contribution < -0.4 is 0 Å². The zero-order valence-corrected chi connectivity index (χ0v) is 10.2. The zero-order valence-electron chi connectivity index (χ0n) is 7.24. The molecule has 0 saturated heterocycles. The molecule has 0 heterocycles. The third-order valence-corrected chi connectivity index (χ3v) is 1.28. The molecule has 0 nitrogen and oxygen atoms in total. The van der Waals surface area contributed by atoms with Crippen molar-refractivity contribution in [1.82, 2.24) is 0 Å². The maximum Gasteiger partial charge on any atom is 2.00 e. The average Bonchev–Trinajstić information content (AvgIpc) is 1.82. The smallest absolute Gasteiger partial charge is 0.358 e. The Morgan fingerprint density at radius 3 is 2.17 bits per heavy atom. The van der Waals surface area contributed by atoms with E-state index in [1.165, 1.54) is 6.92 Å². The largest absolute Gasteiger partial charge is 2.00 e. The number of aryl methyl sites for hydroxylation is 2. The molecule has 1 aromatic carbocycles. The zero-order chi connectivity index (χ0) is 7.72. The van der Waals surface area contributed by atoms with Crippen LogP contribution in [0.5, 0.6) is 0 Å². The predicted octanol–water partition coefficient (Wildman–Crippen LogP) is 2.83. The molecule has 0 amide bonds. The van der Waals surface area contributed by atoms with Crippen LogP contribution in [-0.4, -0.2) is 0 Å². The first kappa shape index (κ1) is 14.3. The fourth-order valence-electron chi connectivity index (χ4n) is 0.825. The number of hydrogen-bond donors (Lipinski definition) is 0. The molecule has 0 atom stereocenters. The van der Waals surface area contributed by atoms with Crippen LogP contribution in [0.1, 0.15) is 11.1 Å². The van der Waals surface area contributed by atoms with Gasteiger partial charge >= 0.3 is 21.1 Å². The Hall–Kier alpha value is -0.232. The average molecular weight is 340 g/mol. The van der Waals surface area contributed by atoms with Crippen molar-refractivity contribution in [3.05, 3.63) is 42.3 Å². The molecule has 3 heteroatoms. The fraction of sp³-hybridized carbons (Fsp3) is 0.222. The molecule has 0 bridgehead atoms. The third kappa shape index (κ3) is 3.02. The van der Waals surface area contributed by atoms with Gasteiger partial charge < -0.3 is 7.43 Å². The molecule has 0 radical (unpaired) electrons. The first-order valence-corrected chi connectivity index (χ1v) is 2.96. The summed E-state index contributed by atoms with van der Waals surface area (Å²) in [4.78, 5) is 0. The molecule has 1 rings (SSSR count). The van der Waals surface area contributed by atoms with E-state index in [4.69, 9.17) is 0 Å². The van der Waals surface area contributed by atoms with Crippen molar-refractivity contribution in [3.8, 4) is 0 Å². The van der Waals surface area contributed by atoms with Gasteiger partial charge in [-0.05, 0) is 0 Å². The molecule has 66 valence electrons. The van der Waals surface area contributed by atoms with Gasteiger partial charge in [0.05, 0.1) is 0 Å². The van der Waals surface area contributed by atoms with Gasteiger partial charge in [0.25, 0.3) is 0 Å². The summed E-state index contributed by atoms with van der Waals surface area (Å²) < 4.78 is 24.9. The van der Waals surface area contributed by atoms with E-state index < -0.39 is 11.6 Å². The van der Waals surface area contributed by atoms with Crippen LogP contribution in [0.2, 0.25) is 0 Å². The van der Waals surface area contributed by atoms with E-state index >= 15 is 0 Å². The molecule has 0 aromatic heterocycles. The SMILES string of the molecule is Cc1[c-]c(F)c(F)c(C)c1.[CH3-].[W+2]. The Morgan fingerprint density at radius 1 is 1.25 bits per heavy atom. The topological polar surface area (TPSA) is 0 Å². The van der Waals surface area contributed by atoms with Crippen molar-refractivity contribution in [2.24, 2.45) is 0 Å². The van der Waals surface area contributed by atoms with Gasteiger partial charge in [-0.1, -0.05) is 13.8 Å². The first-order valence-electron chi connectivity index (χ1n) is 2.96. The van der Waals surface area contributed by atoms with Crippen LogP contribution >= 0.6 is 0 Å². The van der Waals surface area contributed by atoms with Crippen molar-refractivity contribution >= 4 is 0 Å². The summed E-state index contributed by atoms with van der Waals surface area (Å²) in [5.74, 6) is -1.69. The van der Waals surface area contributed by atoms with Crippen molar-refractivity contribution in [2.45, 2.75) is 13.8 Å². The standard InChI is InChI=1S/C8H7F2.CH3.W/c1-5-3-6(2)8(10)7(9)4-5;;/h3H,1-2H3;1H3;/q2*-1;+2. The summed E-state index contributed by atoms with van der Waals surface area (Å²) >= 11 is 0. The van der Waals surface area contributed by atoms with Crippen LogP contribution in [0.15, 0.2) is 6.07 Å². The van der Waals surface area contributed by atoms with Gasteiger partial charge in [-0.15, -0.1) is 11.6 Å². The van der Waals surface area contributed by atoms with Crippen LogP contribution in [0.25, 0.3) is 0 Å². The minimum absolute atomic E-state index is 0. The summed E-state index contributed by atoms with van der Waals surface area (Å²) in [6.45, 7) is 3.20. The molecule has 0 aliphatic rings. The second-order valence-corrected chi connectivity index (χ2v) is 2.26. The van der Waals surface area contributed by atoms with E-state index in [2.05, 4.69) is 6.07 Å². The normalized spacial score (nSPS) is 8.33. The molecular weight excluding hydrogens is 330 g/mol. The maximum atomic E-state index is 12.5. The van der Waals surface area contributed by atoms with Gasteiger partial charge in [0.1, 0.15) is 0 Å². The Morgan fingerprint density at radius 2 is 1.75 bits per heavy atom. The summed E-state index contributed by atoms with van der Waals surface area (Å²) in [5.41, 5.74) is 0.949. The molecule has 0 aliphatic carbocycles. The van der Waals surface area contributed by atoms with Crippen molar-refractivity contribution < 1.29 is 29.8 Å². The Kier molecular flexibility index (Phi) is 6.46. The van der Waals surface area contributed by atoms with E-state index in [1.807, 2.05) is 0 Å². The van der Waals surface area contributed by atoms with Gasteiger partial charge in [0, 0.05) is 11.6 Å². The van der Waals surface area contributed by atoms with Crippen LogP contribution in [0, 0.1) is 39.0 Å². The minimum atomic E-state index is -0.891. The summed E-state index contributed by atoms with van der Waals surface area (Å²) in [6, 6.07) is 3.79. The van der Waals surface area contributed by atoms with Crippen molar-refractivity contribution in [3.63, 3.8) is 0 Å². The number of benzene rings is 1. The molecule has 0 fully saturated rings. The molecule has 1 aromatic rings. The van der Waals surface area contributed by atoms with Gasteiger partial charge in [0.2, 0.25) is 0 Å². The molecule has 0 unspecified atom stereocenters. The quantitative estimate of drug-likeness (QED) is 0.638. The van der Waals surface area contributed by atoms with Gasteiger partial charge in [-0.25, -0.2) is 4.39 Å². The Balaban J connectivity index is 0. The van der Waals surface area contributed by atoms with Crippen molar-refractivity contribution in [2.75, 3.05) is 0 Å². The Bertz CT molecular complexity index is 236. The second kappa shape index (κ2) is 5.42. The number of rotatable bonds is 0. The van der Waals surface area contributed by atoms with Gasteiger partial charge in [0.15, 0.2) is 0 Å². The number of halogens is 2. The monoisotopic (exact) mass is 340 g/mol. The second-order valence-electron chi connectivity index (χ2n) is 2.26. The van der Waals surface area contributed by atoms with Crippen LogP contribution in [0.3, 0.4) is 0 Å². The molecule has 0 spiro atoms. The van der Waals surface area contributed by atoms with Gasteiger partial charge in [-0.2, -0.15) is 11.6 Å². The van der Waals surface area contributed by atoms with E-state index in [9.17, 15) is 8.78 Å². The summed E-state index contributed by atoms with van der Waals surface area (Å²) in [7, 11) is 0. The van der Waals surface area contributed by atoms with E-state index in [0.29, 0.717) is 11.1 Å². The van der Waals surface area contributed by atoms with E-state index in [0.717, 1.165) is 0 Å². The maximum absolute atomic E-state index is 12.5. The molecule has 0 aliphatic heterocycles. The number of hydrogen-bond acceptors (Lipinski definition) is 0. The van der Waals surface area contributed by atoms with Crippen molar-refractivity contribution in [1.29, 1.82) is 0 Å². The van der Waals surface area contributed by atoms with E-state index in [-0.39, 0.29) is 28.5 Å². The van der Waals surface area contributed by atoms with E-state index in [1.54, 1.807) is 13.0 Å². The first-order chi connectivity index (χ1) is 4.61. The molecule has 0 saturated carbocycles. The molecule has 0 N–H and O–H groups in total. The fourth-order valence-corrected chi connectivity index (χ4v) is 0.825.